The van der Waals surface area contributed by atoms with Crippen molar-refractivity contribution in [2.45, 2.75) is 13.8 Å². The van der Waals surface area contributed by atoms with Gasteiger partial charge < -0.3 is 10.4 Å². The van der Waals surface area contributed by atoms with Gasteiger partial charge in [-0.15, -0.1) is 0 Å². The Hall–Kier alpha value is -2.29. The summed E-state index contributed by atoms with van der Waals surface area (Å²) in [5.41, 5.74) is 3.33. The first kappa shape index (κ1) is 12.2. The molecule has 0 aromatic heterocycles. The van der Waals surface area contributed by atoms with Crippen molar-refractivity contribution in [2.24, 2.45) is 0 Å². The van der Waals surface area contributed by atoms with Crippen LogP contribution in [0.3, 0.4) is 0 Å². The summed E-state index contributed by atoms with van der Waals surface area (Å²) in [6.45, 7) is 3.92. The van der Waals surface area contributed by atoms with Gasteiger partial charge in [0.05, 0.1) is 0 Å². The minimum absolute atomic E-state index is 0.0867. The van der Waals surface area contributed by atoms with Crippen molar-refractivity contribution < 1.29 is 9.90 Å². The summed E-state index contributed by atoms with van der Waals surface area (Å²) in [6, 6.07) is 12.2. The second-order valence-corrected chi connectivity index (χ2v) is 4.32. The van der Waals surface area contributed by atoms with Gasteiger partial charge in [0.25, 0.3) is 5.91 Å². The number of hydrogen-bond donors (Lipinski definition) is 2. The van der Waals surface area contributed by atoms with E-state index < -0.39 is 0 Å². The van der Waals surface area contributed by atoms with E-state index >= 15 is 0 Å². The fourth-order valence-electron chi connectivity index (χ4n) is 1.71. The Morgan fingerprint density at radius 3 is 2.61 bits per heavy atom. The van der Waals surface area contributed by atoms with Crippen LogP contribution in [0.25, 0.3) is 0 Å². The van der Waals surface area contributed by atoms with Crippen molar-refractivity contribution in [2.75, 3.05) is 5.32 Å². The molecule has 0 radical (unpaired) electrons. The maximum absolute atomic E-state index is 12.0. The summed E-state index contributed by atoms with van der Waals surface area (Å²) in [4.78, 5) is 12.0. The van der Waals surface area contributed by atoms with Crippen molar-refractivity contribution in [3.8, 4) is 5.75 Å². The third-order valence-corrected chi connectivity index (χ3v) is 2.75. The molecule has 0 spiro atoms. The fourth-order valence-corrected chi connectivity index (χ4v) is 1.71. The largest absolute Gasteiger partial charge is 0.508 e. The number of anilines is 1. The van der Waals surface area contributed by atoms with E-state index in [1.807, 2.05) is 32.0 Å². The van der Waals surface area contributed by atoms with Gasteiger partial charge in [-0.05, 0) is 49.2 Å². The number of aryl methyl sites for hydroxylation is 2. The molecule has 0 aliphatic rings. The average molecular weight is 241 g/mol. The lowest BCUT2D eigenvalue weighted by molar-refractivity contribution is 0.102. The van der Waals surface area contributed by atoms with Crippen molar-refractivity contribution in [1.82, 2.24) is 0 Å². The van der Waals surface area contributed by atoms with E-state index in [0.29, 0.717) is 5.56 Å². The van der Waals surface area contributed by atoms with Crippen molar-refractivity contribution in [1.29, 1.82) is 0 Å². The zero-order chi connectivity index (χ0) is 13.1. The second kappa shape index (κ2) is 4.92. The van der Waals surface area contributed by atoms with Crippen LogP contribution in [0.15, 0.2) is 42.5 Å². The molecule has 3 nitrogen and oxygen atoms in total. The molecule has 0 aliphatic heterocycles. The Morgan fingerprint density at radius 2 is 1.89 bits per heavy atom. The molecule has 3 heteroatoms. The van der Waals surface area contributed by atoms with Crippen LogP contribution in [0.1, 0.15) is 21.5 Å². The Labute approximate surface area is 106 Å². The molecule has 0 saturated heterocycles. The van der Waals surface area contributed by atoms with E-state index in [9.17, 15) is 9.90 Å². The van der Waals surface area contributed by atoms with Crippen LogP contribution in [0.2, 0.25) is 0 Å². The van der Waals surface area contributed by atoms with Crippen LogP contribution >= 0.6 is 0 Å². The maximum atomic E-state index is 12.0. The number of benzene rings is 2. The van der Waals surface area contributed by atoms with Gasteiger partial charge in [-0.3, -0.25) is 4.79 Å². The number of carbonyl (C=O) groups is 1. The number of nitrogens with one attached hydrogen (secondary N) is 1. The van der Waals surface area contributed by atoms with Gasteiger partial charge in [-0.2, -0.15) is 0 Å². The molecule has 0 aliphatic carbocycles. The van der Waals surface area contributed by atoms with Gasteiger partial charge in [-0.25, -0.2) is 0 Å². The van der Waals surface area contributed by atoms with E-state index in [1.54, 1.807) is 12.1 Å². The van der Waals surface area contributed by atoms with Crippen LogP contribution in [0.5, 0.6) is 5.75 Å². The molecule has 92 valence electrons. The van der Waals surface area contributed by atoms with Crippen molar-refractivity contribution in [3.63, 3.8) is 0 Å². The SMILES string of the molecule is Cc1ccc(C)c(NC(=O)c2cccc(O)c2)c1. The average Bonchev–Trinajstić information content (AvgIpc) is 2.34. The second-order valence-electron chi connectivity index (χ2n) is 4.32. The highest BCUT2D eigenvalue weighted by atomic mass is 16.3. The smallest absolute Gasteiger partial charge is 0.255 e. The van der Waals surface area contributed by atoms with Crippen LogP contribution in [0, 0.1) is 13.8 Å². The van der Waals surface area contributed by atoms with Crippen molar-refractivity contribution >= 4 is 11.6 Å². The lowest BCUT2D eigenvalue weighted by Gasteiger charge is -2.09. The molecule has 1 amide bonds. The topological polar surface area (TPSA) is 49.3 Å². The third kappa shape index (κ3) is 2.69. The molecule has 0 unspecified atom stereocenters. The number of phenols is 1. The molecule has 2 rings (SSSR count). The van der Waals surface area contributed by atoms with Crippen molar-refractivity contribution in [3.05, 3.63) is 59.2 Å². The Kier molecular flexibility index (Phi) is 3.33. The first-order valence-corrected chi connectivity index (χ1v) is 5.74. The normalized spacial score (nSPS) is 10.1. The summed E-state index contributed by atoms with van der Waals surface area (Å²) in [5, 5.41) is 12.2. The number of phenolic OH excluding ortho intramolecular Hbond substituents is 1. The minimum Gasteiger partial charge on any atom is -0.508 e. The highest BCUT2D eigenvalue weighted by molar-refractivity contribution is 6.04. The molecule has 0 atom stereocenters. The summed E-state index contributed by atoms with van der Waals surface area (Å²) in [5.74, 6) is -0.136. The molecule has 2 aromatic carbocycles. The van der Waals surface area contributed by atoms with E-state index in [1.165, 1.54) is 12.1 Å². The summed E-state index contributed by atoms with van der Waals surface area (Å²) in [6.07, 6.45) is 0. The lowest BCUT2D eigenvalue weighted by Crippen LogP contribution is -2.12. The zero-order valence-corrected chi connectivity index (χ0v) is 10.4. The predicted molar refractivity (Wildman–Crippen MR) is 72.0 cm³/mol. The Balaban J connectivity index is 2.24. The van der Waals surface area contributed by atoms with Gasteiger partial charge in [-0.1, -0.05) is 18.2 Å². The first-order chi connectivity index (χ1) is 8.56. The number of rotatable bonds is 2. The Bertz CT molecular complexity index is 591. The monoisotopic (exact) mass is 241 g/mol. The summed E-state index contributed by atoms with van der Waals surface area (Å²) >= 11 is 0. The van der Waals surface area contributed by atoms with Gasteiger partial charge in [0.2, 0.25) is 0 Å². The number of amides is 1. The van der Waals surface area contributed by atoms with E-state index in [-0.39, 0.29) is 11.7 Å². The minimum atomic E-state index is -0.223. The van der Waals surface area contributed by atoms with Gasteiger partial charge in [0.15, 0.2) is 0 Å². The van der Waals surface area contributed by atoms with Gasteiger partial charge in [0.1, 0.15) is 5.75 Å². The van der Waals surface area contributed by atoms with Gasteiger partial charge in [0, 0.05) is 11.3 Å². The molecule has 2 N–H and O–H groups in total. The van der Waals surface area contributed by atoms with Crippen LogP contribution < -0.4 is 5.32 Å². The Morgan fingerprint density at radius 1 is 1.11 bits per heavy atom. The molecule has 0 heterocycles. The van der Waals surface area contributed by atoms with Crippen LogP contribution in [-0.4, -0.2) is 11.0 Å². The zero-order valence-electron chi connectivity index (χ0n) is 10.4. The summed E-state index contributed by atoms with van der Waals surface area (Å²) in [7, 11) is 0. The van der Waals surface area contributed by atoms with Crippen LogP contribution in [0.4, 0.5) is 5.69 Å². The fraction of sp³-hybridized carbons (Fsp3) is 0.133. The number of hydrogen-bond acceptors (Lipinski definition) is 2. The van der Waals surface area contributed by atoms with Gasteiger partial charge >= 0.3 is 0 Å². The predicted octanol–water partition coefficient (Wildman–Crippen LogP) is 3.26. The number of aromatic hydroxyl groups is 1. The highest BCUT2D eigenvalue weighted by Gasteiger charge is 2.08. The number of carbonyl (C=O) groups excluding carboxylic acids is 1. The molecule has 0 fully saturated rings. The van der Waals surface area contributed by atoms with E-state index in [2.05, 4.69) is 5.32 Å². The van der Waals surface area contributed by atoms with E-state index in [0.717, 1.165) is 16.8 Å². The lowest BCUT2D eigenvalue weighted by atomic mass is 10.1. The molecule has 18 heavy (non-hydrogen) atoms. The highest BCUT2D eigenvalue weighted by Crippen LogP contribution is 2.18. The van der Waals surface area contributed by atoms with Crippen LogP contribution in [-0.2, 0) is 0 Å². The molecular weight excluding hydrogens is 226 g/mol. The maximum Gasteiger partial charge on any atom is 0.255 e. The first-order valence-electron chi connectivity index (χ1n) is 5.74. The molecule has 2 aromatic rings. The quantitative estimate of drug-likeness (QED) is 0.847. The molecular formula is C15H15NO2. The standard InChI is InChI=1S/C15H15NO2/c1-10-6-7-11(2)14(8-10)16-15(18)12-4-3-5-13(17)9-12/h3-9,17H,1-2H3,(H,16,18). The molecule has 0 bridgehead atoms. The third-order valence-electron chi connectivity index (χ3n) is 2.75. The van der Waals surface area contributed by atoms with E-state index in [4.69, 9.17) is 0 Å². The summed E-state index contributed by atoms with van der Waals surface area (Å²) < 4.78 is 0. The molecule has 0 saturated carbocycles.